The minimum Gasteiger partial charge on any atom is -0.339 e. The van der Waals surface area contributed by atoms with Crippen LogP contribution in [-0.2, 0) is 17.8 Å². The fourth-order valence-corrected chi connectivity index (χ4v) is 2.66. The van der Waals surface area contributed by atoms with Crippen LogP contribution < -0.4 is 0 Å². The predicted molar refractivity (Wildman–Crippen MR) is 89.9 cm³/mol. The molecular weight excluding hydrogens is 321 g/mol. The third-order valence-electron chi connectivity index (χ3n) is 3.98. The van der Waals surface area contributed by atoms with Gasteiger partial charge in [-0.2, -0.15) is 0 Å². The van der Waals surface area contributed by atoms with E-state index in [1.807, 2.05) is 30.3 Å². The Hall–Kier alpha value is -3.09. The molecule has 2 aromatic carbocycles. The molecule has 1 heterocycles. The molecule has 1 atom stereocenters. The van der Waals surface area contributed by atoms with E-state index in [1.54, 1.807) is 25.2 Å². The zero-order valence-electron chi connectivity index (χ0n) is 13.8. The van der Waals surface area contributed by atoms with E-state index in [-0.39, 0.29) is 18.3 Å². The molecule has 0 aliphatic heterocycles. The second kappa shape index (κ2) is 7.65. The van der Waals surface area contributed by atoms with Crippen molar-refractivity contribution in [3.05, 3.63) is 77.9 Å². The molecule has 0 N–H and O–H groups in total. The van der Waals surface area contributed by atoms with Gasteiger partial charge in [0, 0.05) is 25.6 Å². The number of hydrogen-bond donors (Lipinski definition) is 0. The molecule has 7 heteroatoms. The van der Waals surface area contributed by atoms with E-state index in [2.05, 4.69) is 15.5 Å². The average molecular weight is 339 g/mol. The molecule has 0 spiro atoms. The van der Waals surface area contributed by atoms with Crippen molar-refractivity contribution in [2.75, 3.05) is 7.05 Å². The van der Waals surface area contributed by atoms with Crippen LogP contribution in [0.5, 0.6) is 0 Å². The van der Waals surface area contributed by atoms with Crippen LogP contribution in [0.2, 0.25) is 0 Å². The van der Waals surface area contributed by atoms with E-state index in [9.17, 15) is 9.18 Å². The maximum atomic E-state index is 13.9. The zero-order valence-corrected chi connectivity index (χ0v) is 13.8. The average Bonchev–Trinajstić information content (AvgIpc) is 3.16. The van der Waals surface area contributed by atoms with Gasteiger partial charge in [-0.3, -0.25) is 4.79 Å². The summed E-state index contributed by atoms with van der Waals surface area (Å²) in [7, 11) is 1.65. The second-order valence-electron chi connectivity index (χ2n) is 5.78. The Kier molecular flexibility index (Phi) is 5.13. The first kappa shape index (κ1) is 16.8. The maximum absolute atomic E-state index is 13.9. The van der Waals surface area contributed by atoms with Gasteiger partial charge in [0.2, 0.25) is 5.91 Å². The molecule has 3 aromatic rings. The molecule has 0 saturated carbocycles. The van der Waals surface area contributed by atoms with Crippen LogP contribution in [-0.4, -0.2) is 38.1 Å². The monoisotopic (exact) mass is 339 g/mol. The standard InChI is InChI=1S/C18H18FN5O/c1-23(12-15-9-5-6-10-16(15)19)18(25)17(24-13-20-21-22-24)11-14-7-3-2-4-8-14/h2-10,13,17H,11-12H2,1H3. The molecule has 0 fully saturated rings. The summed E-state index contributed by atoms with van der Waals surface area (Å²) in [5, 5.41) is 11.1. The van der Waals surface area contributed by atoms with Gasteiger partial charge in [-0.05, 0) is 22.1 Å². The molecular formula is C18H18FN5O. The minimum atomic E-state index is -0.589. The second-order valence-corrected chi connectivity index (χ2v) is 5.78. The molecule has 25 heavy (non-hydrogen) atoms. The van der Waals surface area contributed by atoms with E-state index in [0.717, 1.165) is 5.56 Å². The van der Waals surface area contributed by atoms with Gasteiger partial charge in [0.15, 0.2) is 0 Å². The van der Waals surface area contributed by atoms with Crippen molar-refractivity contribution < 1.29 is 9.18 Å². The summed E-state index contributed by atoms with van der Waals surface area (Å²) in [6, 6.07) is 15.5. The summed E-state index contributed by atoms with van der Waals surface area (Å²) in [5.41, 5.74) is 1.46. The number of rotatable bonds is 6. The van der Waals surface area contributed by atoms with Crippen LogP contribution in [0.15, 0.2) is 60.9 Å². The Morgan fingerprint density at radius 1 is 1.16 bits per heavy atom. The number of carbonyl (C=O) groups is 1. The fourth-order valence-electron chi connectivity index (χ4n) is 2.66. The van der Waals surface area contributed by atoms with Crippen molar-refractivity contribution in [2.45, 2.75) is 19.0 Å². The molecule has 3 rings (SSSR count). The third-order valence-corrected chi connectivity index (χ3v) is 3.98. The Bertz CT molecular complexity index is 823. The summed E-state index contributed by atoms with van der Waals surface area (Å²) in [6.45, 7) is 0.179. The first-order chi connectivity index (χ1) is 12.1. The van der Waals surface area contributed by atoms with Crippen LogP contribution in [0, 0.1) is 5.82 Å². The van der Waals surface area contributed by atoms with E-state index < -0.39 is 6.04 Å². The van der Waals surface area contributed by atoms with Gasteiger partial charge in [-0.1, -0.05) is 48.5 Å². The van der Waals surface area contributed by atoms with E-state index in [1.165, 1.54) is 22.0 Å². The molecule has 0 aliphatic carbocycles. The van der Waals surface area contributed by atoms with Gasteiger partial charge in [-0.15, -0.1) is 5.10 Å². The molecule has 0 aliphatic rings. The van der Waals surface area contributed by atoms with Crippen molar-refractivity contribution in [2.24, 2.45) is 0 Å². The van der Waals surface area contributed by atoms with Crippen molar-refractivity contribution in [1.29, 1.82) is 0 Å². The molecule has 6 nitrogen and oxygen atoms in total. The Morgan fingerprint density at radius 3 is 2.56 bits per heavy atom. The lowest BCUT2D eigenvalue weighted by atomic mass is 10.0. The van der Waals surface area contributed by atoms with E-state index >= 15 is 0 Å². The summed E-state index contributed by atoms with van der Waals surface area (Å²) >= 11 is 0. The molecule has 0 bridgehead atoms. The van der Waals surface area contributed by atoms with Crippen molar-refractivity contribution >= 4 is 5.91 Å². The Morgan fingerprint density at radius 2 is 1.88 bits per heavy atom. The van der Waals surface area contributed by atoms with Gasteiger partial charge < -0.3 is 4.90 Å². The first-order valence-electron chi connectivity index (χ1n) is 7.90. The molecule has 0 radical (unpaired) electrons. The van der Waals surface area contributed by atoms with Gasteiger partial charge in [0.25, 0.3) is 0 Å². The molecule has 128 valence electrons. The summed E-state index contributed by atoms with van der Waals surface area (Å²) in [6.07, 6.45) is 1.87. The number of hydrogen-bond acceptors (Lipinski definition) is 4. The number of benzene rings is 2. The number of amides is 1. The highest BCUT2D eigenvalue weighted by atomic mass is 19.1. The van der Waals surface area contributed by atoms with Crippen LogP contribution >= 0.6 is 0 Å². The number of likely N-dealkylation sites (N-methyl/N-ethyl adjacent to an activating group) is 1. The van der Waals surface area contributed by atoms with Gasteiger partial charge in [-0.25, -0.2) is 9.07 Å². The van der Waals surface area contributed by atoms with Gasteiger partial charge in [0.05, 0.1) is 0 Å². The molecule has 1 aromatic heterocycles. The van der Waals surface area contributed by atoms with Gasteiger partial charge in [0.1, 0.15) is 18.2 Å². The first-order valence-corrected chi connectivity index (χ1v) is 7.90. The Labute approximate surface area is 144 Å². The van der Waals surface area contributed by atoms with Crippen molar-refractivity contribution in [3.8, 4) is 0 Å². The Balaban J connectivity index is 1.80. The quantitative estimate of drug-likeness (QED) is 0.691. The SMILES string of the molecule is CN(Cc1ccccc1F)C(=O)C(Cc1ccccc1)n1cnnn1. The van der Waals surface area contributed by atoms with Crippen LogP contribution in [0.1, 0.15) is 17.2 Å². The third kappa shape index (κ3) is 4.06. The highest BCUT2D eigenvalue weighted by molar-refractivity contribution is 5.80. The van der Waals surface area contributed by atoms with Crippen LogP contribution in [0.3, 0.4) is 0 Å². The summed E-state index contributed by atoms with van der Waals surface area (Å²) < 4.78 is 15.3. The maximum Gasteiger partial charge on any atom is 0.247 e. The molecule has 0 saturated heterocycles. The fraction of sp³-hybridized carbons (Fsp3) is 0.222. The predicted octanol–water partition coefficient (Wildman–Crippen LogP) is 2.25. The lowest BCUT2D eigenvalue weighted by Gasteiger charge is -2.24. The highest BCUT2D eigenvalue weighted by Crippen LogP contribution is 2.18. The van der Waals surface area contributed by atoms with Gasteiger partial charge >= 0.3 is 0 Å². The lowest BCUT2D eigenvalue weighted by molar-refractivity contribution is -0.134. The summed E-state index contributed by atoms with van der Waals surface area (Å²) in [5.74, 6) is -0.511. The smallest absolute Gasteiger partial charge is 0.247 e. The van der Waals surface area contributed by atoms with Crippen molar-refractivity contribution in [3.63, 3.8) is 0 Å². The largest absolute Gasteiger partial charge is 0.339 e. The van der Waals surface area contributed by atoms with E-state index in [4.69, 9.17) is 0 Å². The normalized spacial score (nSPS) is 11.9. The highest BCUT2D eigenvalue weighted by Gasteiger charge is 2.26. The molecule has 1 unspecified atom stereocenters. The van der Waals surface area contributed by atoms with Crippen molar-refractivity contribution in [1.82, 2.24) is 25.1 Å². The topological polar surface area (TPSA) is 63.9 Å². The minimum absolute atomic E-state index is 0.179. The number of aromatic nitrogens is 4. The van der Waals surface area contributed by atoms with E-state index in [0.29, 0.717) is 12.0 Å². The number of carbonyl (C=O) groups excluding carboxylic acids is 1. The molecule has 1 amide bonds. The van der Waals surface area contributed by atoms with Crippen LogP contribution in [0.25, 0.3) is 0 Å². The number of halogens is 1. The summed E-state index contributed by atoms with van der Waals surface area (Å²) in [4.78, 5) is 14.4. The lowest BCUT2D eigenvalue weighted by Crippen LogP contribution is -2.35. The van der Waals surface area contributed by atoms with Crippen LogP contribution in [0.4, 0.5) is 4.39 Å². The number of nitrogens with zero attached hydrogens (tertiary/aromatic N) is 5. The zero-order chi connectivity index (χ0) is 17.6. The number of tetrazole rings is 1.